The van der Waals surface area contributed by atoms with Gasteiger partial charge in [-0.1, -0.05) is 19.3 Å². The van der Waals surface area contributed by atoms with E-state index in [1.54, 1.807) is 0 Å². The van der Waals surface area contributed by atoms with Gasteiger partial charge in [0.25, 0.3) is 5.91 Å². The Balaban J connectivity index is 1.79. The van der Waals surface area contributed by atoms with Crippen molar-refractivity contribution in [2.75, 3.05) is 12.3 Å². The molecule has 3 heteroatoms. The molecule has 1 atom stereocenters. The molecule has 3 nitrogen and oxygen atoms in total. The molecule has 2 aliphatic rings. The highest BCUT2D eigenvalue weighted by Crippen LogP contribution is 2.35. The summed E-state index contributed by atoms with van der Waals surface area (Å²) in [6.45, 7) is 2.91. The first-order valence-corrected chi connectivity index (χ1v) is 8.33. The van der Waals surface area contributed by atoms with Gasteiger partial charge in [0.2, 0.25) is 0 Å². The van der Waals surface area contributed by atoms with E-state index in [2.05, 4.69) is 4.90 Å². The van der Waals surface area contributed by atoms with Crippen LogP contribution in [0.15, 0.2) is 18.2 Å². The van der Waals surface area contributed by atoms with Crippen molar-refractivity contribution in [2.45, 2.75) is 57.9 Å². The maximum atomic E-state index is 12.9. The Bertz CT molecular complexity index is 500. The molecule has 1 aromatic rings. The van der Waals surface area contributed by atoms with Crippen LogP contribution in [0.5, 0.6) is 0 Å². The molecule has 21 heavy (non-hydrogen) atoms. The lowest BCUT2D eigenvalue weighted by atomic mass is 9.83. The van der Waals surface area contributed by atoms with Crippen molar-refractivity contribution in [3.63, 3.8) is 0 Å². The number of likely N-dealkylation sites (tertiary alicyclic amines) is 1. The molecular weight excluding hydrogens is 260 g/mol. The van der Waals surface area contributed by atoms with Gasteiger partial charge in [-0.3, -0.25) is 4.79 Å². The van der Waals surface area contributed by atoms with E-state index in [0.717, 1.165) is 24.1 Å². The molecule has 1 unspecified atom stereocenters. The molecule has 114 valence electrons. The first-order chi connectivity index (χ1) is 10.1. The number of nitrogens with two attached hydrogens (primary N) is 1. The number of anilines is 1. The van der Waals surface area contributed by atoms with Gasteiger partial charge < -0.3 is 10.6 Å². The molecule has 1 aliphatic heterocycles. The predicted octanol–water partition coefficient (Wildman–Crippen LogP) is 3.76. The minimum absolute atomic E-state index is 0.179. The Labute approximate surface area is 127 Å². The van der Waals surface area contributed by atoms with E-state index in [-0.39, 0.29) is 5.91 Å². The van der Waals surface area contributed by atoms with Crippen molar-refractivity contribution < 1.29 is 4.79 Å². The number of hydrogen-bond donors (Lipinski definition) is 1. The second-order valence-corrected chi connectivity index (χ2v) is 6.74. The molecule has 0 bridgehead atoms. The fraction of sp³-hybridized carbons (Fsp3) is 0.611. The average Bonchev–Trinajstić information content (AvgIpc) is 2.95. The lowest BCUT2D eigenvalue weighted by Gasteiger charge is -2.34. The van der Waals surface area contributed by atoms with E-state index in [0.29, 0.717) is 17.6 Å². The van der Waals surface area contributed by atoms with Gasteiger partial charge >= 0.3 is 0 Å². The molecule has 1 heterocycles. The molecular formula is C18H26N2O. The number of benzene rings is 1. The molecule has 2 fully saturated rings. The minimum Gasteiger partial charge on any atom is -0.399 e. The lowest BCUT2D eigenvalue weighted by molar-refractivity contribution is 0.0661. The standard InChI is InChI=1S/C18H26N2O/c1-13-10-15(12-16(19)11-13)18(21)20-9-5-8-17(20)14-6-3-2-4-7-14/h10-12,14,17H,2-9,19H2,1H3. The number of nitrogen functional groups attached to an aromatic ring is 1. The number of carbonyl (C=O) groups excluding carboxylic acids is 1. The zero-order valence-electron chi connectivity index (χ0n) is 13.0. The predicted molar refractivity (Wildman–Crippen MR) is 86.2 cm³/mol. The van der Waals surface area contributed by atoms with Crippen molar-refractivity contribution >= 4 is 11.6 Å². The Kier molecular flexibility index (Phi) is 4.18. The number of carbonyl (C=O) groups is 1. The van der Waals surface area contributed by atoms with Gasteiger partial charge in [0.1, 0.15) is 0 Å². The van der Waals surface area contributed by atoms with Crippen LogP contribution >= 0.6 is 0 Å². The third-order valence-corrected chi connectivity index (χ3v) is 5.10. The van der Waals surface area contributed by atoms with Gasteiger partial charge in [0.15, 0.2) is 0 Å². The normalized spacial score (nSPS) is 23.5. The second-order valence-electron chi connectivity index (χ2n) is 6.74. The van der Waals surface area contributed by atoms with Crippen LogP contribution in [0, 0.1) is 12.8 Å². The monoisotopic (exact) mass is 286 g/mol. The zero-order chi connectivity index (χ0) is 14.8. The van der Waals surface area contributed by atoms with E-state index in [1.165, 1.54) is 38.5 Å². The number of rotatable bonds is 2. The van der Waals surface area contributed by atoms with Crippen molar-refractivity contribution in [1.82, 2.24) is 4.90 Å². The largest absolute Gasteiger partial charge is 0.399 e. The SMILES string of the molecule is Cc1cc(N)cc(C(=O)N2CCCC2C2CCCCC2)c1. The molecule has 1 saturated heterocycles. The lowest BCUT2D eigenvalue weighted by Crippen LogP contribution is -2.40. The first-order valence-electron chi connectivity index (χ1n) is 8.33. The van der Waals surface area contributed by atoms with Gasteiger partial charge in [-0.05, 0) is 62.3 Å². The van der Waals surface area contributed by atoms with E-state index in [9.17, 15) is 4.79 Å². The quantitative estimate of drug-likeness (QED) is 0.841. The van der Waals surface area contributed by atoms with Crippen LogP contribution in [0.3, 0.4) is 0 Å². The summed E-state index contributed by atoms with van der Waals surface area (Å²) in [5, 5.41) is 0. The average molecular weight is 286 g/mol. The Morgan fingerprint density at radius 3 is 2.57 bits per heavy atom. The topological polar surface area (TPSA) is 46.3 Å². The van der Waals surface area contributed by atoms with Crippen molar-refractivity contribution in [1.29, 1.82) is 0 Å². The summed E-state index contributed by atoms with van der Waals surface area (Å²) in [6.07, 6.45) is 8.95. The fourth-order valence-corrected chi connectivity index (χ4v) is 4.16. The Morgan fingerprint density at radius 2 is 1.86 bits per heavy atom. The first kappa shape index (κ1) is 14.4. The smallest absolute Gasteiger partial charge is 0.254 e. The Hall–Kier alpha value is -1.51. The summed E-state index contributed by atoms with van der Waals surface area (Å²) in [7, 11) is 0. The molecule has 2 N–H and O–H groups in total. The minimum atomic E-state index is 0.179. The highest BCUT2D eigenvalue weighted by Gasteiger charge is 2.35. The van der Waals surface area contributed by atoms with Crippen LogP contribution in [0.4, 0.5) is 5.69 Å². The fourth-order valence-electron chi connectivity index (χ4n) is 4.16. The summed E-state index contributed by atoms with van der Waals surface area (Å²) in [5.74, 6) is 0.894. The molecule has 0 spiro atoms. The van der Waals surface area contributed by atoms with Crippen molar-refractivity contribution in [3.8, 4) is 0 Å². The third kappa shape index (κ3) is 3.07. The third-order valence-electron chi connectivity index (χ3n) is 5.10. The van der Waals surface area contributed by atoms with E-state index in [1.807, 2.05) is 25.1 Å². The molecule has 1 aromatic carbocycles. The molecule has 0 radical (unpaired) electrons. The molecule has 1 aliphatic carbocycles. The molecule has 3 rings (SSSR count). The highest BCUT2D eigenvalue weighted by molar-refractivity contribution is 5.95. The van der Waals surface area contributed by atoms with Crippen LogP contribution in [-0.2, 0) is 0 Å². The van der Waals surface area contributed by atoms with Crippen LogP contribution in [-0.4, -0.2) is 23.4 Å². The van der Waals surface area contributed by atoms with E-state index >= 15 is 0 Å². The number of hydrogen-bond acceptors (Lipinski definition) is 2. The zero-order valence-corrected chi connectivity index (χ0v) is 13.0. The summed E-state index contributed by atoms with van der Waals surface area (Å²) >= 11 is 0. The van der Waals surface area contributed by atoms with Crippen LogP contribution in [0.2, 0.25) is 0 Å². The van der Waals surface area contributed by atoms with E-state index in [4.69, 9.17) is 5.73 Å². The van der Waals surface area contributed by atoms with E-state index < -0.39 is 0 Å². The Morgan fingerprint density at radius 1 is 1.10 bits per heavy atom. The second kappa shape index (κ2) is 6.08. The molecule has 1 amide bonds. The number of nitrogens with zero attached hydrogens (tertiary/aromatic N) is 1. The maximum absolute atomic E-state index is 12.9. The highest BCUT2D eigenvalue weighted by atomic mass is 16.2. The summed E-state index contributed by atoms with van der Waals surface area (Å²) in [5.41, 5.74) is 8.41. The van der Waals surface area contributed by atoms with Crippen LogP contribution in [0.25, 0.3) is 0 Å². The van der Waals surface area contributed by atoms with Gasteiger partial charge in [0.05, 0.1) is 0 Å². The summed E-state index contributed by atoms with van der Waals surface area (Å²) in [6, 6.07) is 6.17. The molecule has 1 saturated carbocycles. The van der Waals surface area contributed by atoms with Gasteiger partial charge in [0, 0.05) is 23.8 Å². The van der Waals surface area contributed by atoms with Crippen LogP contribution in [0.1, 0.15) is 60.9 Å². The number of aryl methyl sites for hydroxylation is 1. The van der Waals surface area contributed by atoms with Crippen LogP contribution < -0.4 is 5.73 Å². The van der Waals surface area contributed by atoms with Gasteiger partial charge in [-0.2, -0.15) is 0 Å². The number of amides is 1. The molecule has 0 aromatic heterocycles. The van der Waals surface area contributed by atoms with Crippen molar-refractivity contribution in [3.05, 3.63) is 29.3 Å². The van der Waals surface area contributed by atoms with Gasteiger partial charge in [-0.25, -0.2) is 0 Å². The van der Waals surface area contributed by atoms with Crippen molar-refractivity contribution in [2.24, 2.45) is 5.92 Å². The summed E-state index contributed by atoms with van der Waals surface area (Å²) < 4.78 is 0. The maximum Gasteiger partial charge on any atom is 0.254 e. The van der Waals surface area contributed by atoms with Gasteiger partial charge in [-0.15, -0.1) is 0 Å². The summed E-state index contributed by atoms with van der Waals surface area (Å²) in [4.78, 5) is 15.0.